The molecule has 1 fully saturated rings. The van der Waals surface area contributed by atoms with Gasteiger partial charge in [0.1, 0.15) is 5.60 Å². The van der Waals surface area contributed by atoms with Gasteiger partial charge in [-0.15, -0.1) is 0 Å². The first-order chi connectivity index (χ1) is 10.2. The van der Waals surface area contributed by atoms with Gasteiger partial charge in [-0.05, 0) is 32.4 Å². The Balaban J connectivity index is 2.07. The second-order valence-electron chi connectivity index (χ2n) is 6.36. The standard InChI is InChI=1S/C16H21BrN2O3/c1-16(2,3)22-15(21)18-13-7-5-4-6-11(13)9-19-10-12(17)8-14(19)20/h4-7,12H,8-10H2,1-3H3,(H,18,21). The second kappa shape index (κ2) is 6.69. The summed E-state index contributed by atoms with van der Waals surface area (Å²) in [5.41, 5.74) is 1.01. The minimum atomic E-state index is -0.548. The number of hydrogen-bond donors (Lipinski definition) is 1. The molecule has 22 heavy (non-hydrogen) atoms. The van der Waals surface area contributed by atoms with Crippen LogP contribution in [0.1, 0.15) is 32.8 Å². The molecular weight excluding hydrogens is 348 g/mol. The SMILES string of the molecule is CC(C)(C)OC(=O)Nc1ccccc1CN1CC(Br)CC1=O. The predicted molar refractivity (Wildman–Crippen MR) is 89.0 cm³/mol. The number of halogens is 1. The van der Waals surface area contributed by atoms with E-state index in [1.165, 1.54) is 0 Å². The Labute approximate surface area is 139 Å². The molecular formula is C16H21BrN2O3. The first-order valence-corrected chi connectivity index (χ1v) is 8.16. The number of likely N-dealkylation sites (tertiary alicyclic amines) is 1. The van der Waals surface area contributed by atoms with Crippen LogP contribution < -0.4 is 5.32 Å². The quantitative estimate of drug-likeness (QED) is 0.830. The molecule has 1 aromatic carbocycles. The van der Waals surface area contributed by atoms with Gasteiger partial charge in [0.05, 0.1) is 0 Å². The molecule has 0 aromatic heterocycles. The number of benzene rings is 1. The van der Waals surface area contributed by atoms with E-state index in [-0.39, 0.29) is 10.7 Å². The smallest absolute Gasteiger partial charge is 0.412 e. The average molecular weight is 369 g/mol. The Morgan fingerprint density at radius 1 is 1.41 bits per heavy atom. The van der Waals surface area contributed by atoms with E-state index in [1.54, 1.807) is 4.90 Å². The second-order valence-corrected chi connectivity index (χ2v) is 7.65. The molecule has 0 spiro atoms. The number of hydrogen-bond acceptors (Lipinski definition) is 3. The van der Waals surface area contributed by atoms with Gasteiger partial charge in [-0.3, -0.25) is 10.1 Å². The lowest BCUT2D eigenvalue weighted by Gasteiger charge is -2.22. The van der Waals surface area contributed by atoms with Crippen molar-refractivity contribution in [3.05, 3.63) is 29.8 Å². The van der Waals surface area contributed by atoms with E-state index < -0.39 is 11.7 Å². The molecule has 0 aliphatic carbocycles. The van der Waals surface area contributed by atoms with Gasteiger partial charge in [-0.25, -0.2) is 4.79 Å². The molecule has 1 unspecified atom stereocenters. The monoisotopic (exact) mass is 368 g/mol. The third-order valence-electron chi connectivity index (χ3n) is 3.18. The van der Waals surface area contributed by atoms with Gasteiger partial charge in [0.15, 0.2) is 0 Å². The van der Waals surface area contributed by atoms with Crippen molar-refractivity contribution in [2.75, 3.05) is 11.9 Å². The van der Waals surface area contributed by atoms with Crippen LogP contribution in [0.3, 0.4) is 0 Å². The van der Waals surface area contributed by atoms with Gasteiger partial charge in [0.2, 0.25) is 5.91 Å². The van der Waals surface area contributed by atoms with E-state index in [0.717, 1.165) is 5.56 Å². The van der Waals surface area contributed by atoms with Gasteiger partial charge >= 0.3 is 6.09 Å². The molecule has 120 valence electrons. The maximum absolute atomic E-state index is 11.9. The molecule has 1 saturated heterocycles. The van der Waals surface area contributed by atoms with Crippen LogP contribution in [0.2, 0.25) is 0 Å². The van der Waals surface area contributed by atoms with Gasteiger partial charge < -0.3 is 9.64 Å². The van der Waals surface area contributed by atoms with Gasteiger partial charge in [0, 0.05) is 30.0 Å². The van der Waals surface area contributed by atoms with Crippen molar-refractivity contribution in [1.29, 1.82) is 0 Å². The van der Waals surface area contributed by atoms with E-state index in [9.17, 15) is 9.59 Å². The first-order valence-electron chi connectivity index (χ1n) is 7.24. The fraction of sp³-hybridized carbons (Fsp3) is 0.500. The van der Waals surface area contributed by atoms with Crippen molar-refractivity contribution in [2.45, 2.75) is 44.2 Å². The average Bonchev–Trinajstić information content (AvgIpc) is 2.68. The highest BCUT2D eigenvalue weighted by molar-refractivity contribution is 9.09. The lowest BCUT2D eigenvalue weighted by molar-refractivity contribution is -0.128. The van der Waals surface area contributed by atoms with Crippen molar-refractivity contribution >= 4 is 33.6 Å². The van der Waals surface area contributed by atoms with Crippen LogP contribution in [-0.4, -0.2) is 33.9 Å². The zero-order valence-electron chi connectivity index (χ0n) is 13.1. The highest BCUT2D eigenvalue weighted by Gasteiger charge is 2.28. The topological polar surface area (TPSA) is 58.6 Å². The van der Waals surface area contributed by atoms with E-state index in [4.69, 9.17) is 4.74 Å². The van der Waals surface area contributed by atoms with Crippen LogP contribution in [0.15, 0.2) is 24.3 Å². The van der Waals surface area contributed by atoms with Crippen molar-refractivity contribution in [1.82, 2.24) is 4.90 Å². The van der Waals surface area contributed by atoms with Crippen LogP contribution >= 0.6 is 15.9 Å². The summed E-state index contributed by atoms with van der Waals surface area (Å²) in [4.78, 5) is 25.8. The minimum Gasteiger partial charge on any atom is -0.444 e. The fourth-order valence-electron chi connectivity index (χ4n) is 2.28. The van der Waals surface area contributed by atoms with Crippen LogP contribution in [-0.2, 0) is 16.1 Å². The summed E-state index contributed by atoms with van der Waals surface area (Å²) in [6, 6.07) is 7.45. The van der Waals surface area contributed by atoms with Crippen molar-refractivity contribution < 1.29 is 14.3 Å². The molecule has 1 aliphatic rings. The normalized spacial score (nSPS) is 18.5. The number of carbonyl (C=O) groups is 2. The van der Waals surface area contributed by atoms with Crippen LogP contribution in [0.4, 0.5) is 10.5 Å². The van der Waals surface area contributed by atoms with Gasteiger partial charge in [-0.1, -0.05) is 34.1 Å². The van der Waals surface area contributed by atoms with Gasteiger partial charge in [-0.2, -0.15) is 0 Å². The molecule has 0 radical (unpaired) electrons. The maximum atomic E-state index is 11.9. The van der Waals surface area contributed by atoms with Crippen molar-refractivity contribution in [3.63, 3.8) is 0 Å². The summed E-state index contributed by atoms with van der Waals surface area (Å²) in [6.07, 6.45) is 0.0212. The number of nitrogens with one attached hydrogen (secondary N) is 1. The summed E-state index contributed by atoms with van der Waals surface area (Å²) in [6.45, 7) is 6.61. The zero-order valence-corrected chi connectivity index (χ0v) is 14.6. The largest absolute Gasteiger partial charge is 0.444 e. The third kappa shape index (κ3) is 4.73. The summed E-state index contributed by atoms with van der Waals surface area (Å²) in [5, 5.41) is 2.76. The first kappa shape index (κ1) is 16.8. The number of ether oxygens (including phenoxy) is 1. The molecule has 1 aromatic rings. The number of nitrogens with zero attached hydrogens (tertiary/aromatic N) is 1. The molecule has 1 aliphatic heterocycles. The summed E-state index contributed by atoms with van der Waals surface area (Å²) >= 11 is 3.47. The number of anilines is 1. The van der Waals surface area contributed by atoms with Crippen LogP contribution in [0.25, 0.3) is 0 Å². The number of alkyl halides is 1. The minimum absolute atomic E-state index is 0.119. The molecule has 2 rings (SSSR count). The number of carbonyl (C=O) groups excluding carboxylic acids is 2. The summed E-state index contributed by atoms with van der Waals surface area (Å²) in [5.74, 6) is 0.119. The Kier molecular flexibility index (Phi) is 5.11. The fourth-order valence-corrected chi connectivity index (χ4v) is 2.90. The number of rotatable bonds is 3. The summed E-state index contributed by atoms with van der Waals surface area (Å²) < 4.78 is 5.27. The highest BCUT2D eigenvalue weighted by Crippen LogP contribution is 2.24. The van der Waals surface area contributed by atoms with Crippen molar-refractivity contribution in [2.24, 2.45) is 0 Å². The Morgan fingerprint density at radius 2 is 2.09 bits per heavy atom. The highest BCUT2D eigenvalue weighted by atomic mass is 79.9. The molecule has 1 N–H and O–H groups in total. The molecule has 1 atom stereocenters. The lowest BCUT2D eigenvalue weighted by Crippen LogP contribution is -2.28. The third-order valence-corrected chi connectivity index (χ3v) is 3.79. The van der Waals surface area contributed by atoms with Crippen molar-refractivity contribution in [3.8, 4) is 0 Å². The number of para-hydroxylation sites is 1. The van der Waals surface area contributed by atoms with Crippen LogP contribution in [0.5, 0.6) is 0 Å². The predicted octanol–water partition coefficient (Wildman–Crippen LogP) is 3.53. The Morgan fingerprint density at radius 3 is 2.68 bits per heavy atom. The lowest BCUT2D eigenvalue weighted by atomic mass is 10.1. The summed E-state index contributed by atoms with van der Waals surface area (Å²) in [7, 11) is 0. The molecule has 5 nitrogen and oxygen atoms in total. The van der Waals surface area contributed by atoms with Gasteiger partial charge in [0.25, 0.3) is 0 Å². The maximum Gasteiger partial charge on any atom is 0.412 e. The molecule has 1 heterocycles. The molecule has 6 heteroatoms. The zero-order chi connectivity index (χ0) is 16.3. The molecule has 0 saturated carbocycles. The Hall–Kier alpha value is -1.56. The Bertz CT molecular complexity index is 569. The molecule has 0 bridgehead atoms. The van der Waals surface area contributed by atoms with E-state index in [1.807, 2.05) is 45.0 Å². The molecule has 2 amide bonds. The van der Waals surface area contributed by atoms with E-state index in [0.29, 0.717) is 25.2 Å². The van der Waals surface area contributed by atoms with E-state index >= 15 is 0 Å². The number of amides is 2. The van der Waals surface area contributed by atoms with E-state index in [2.05, 4.69) is 21.2 Å². The van der Waals surface area contributed by atoms with Crippen LogP contribution in [0, 0.1) is 0 Å².